The number of rotatable bonds is 10. The van der Waals surface area contributed by atoms with Crippen LogP contribution in [-0.4, -0.2) is 56.9 Å². The van der Waals surface area contributed by atoms with Gasteiger partial charge in [0.25, 0.3) is 0 Å². The molecule has 122 valence electrons. The molecule has 1 N–H and O–H groups in total. The van der Waals surface area contributed by atoms with Gasteiger partial charge in [-0.3, -0.25) is 0 Å². The van der Waals surface area contributed by atoms with Crippen LogP contribution in [0.4, 0.5) is 4.39 Å². The highest BCUT2D eigenvalue weighted by Crippen LogP contribution is 2.05. The maximum absolute atomic E-state index is 13.4. The summed E-state index contributed by atoms with van der Waals surface area (Å²) < 4.78 is 29.5. The lowest BCUT2D eigenvalue weighted by Gasteiger charge is -2.22. The Morgan fingerprint density at radius 3 is 2.00 bits per heavy atom. The number of nitrogens with one attached hydrogen (secondary N) is 1. The van der Waals surface area contributed by atoms with Gasteiger partial charge >= 0.3 is 0 Å². The van der Waals surface area contributed by atoms with Gasteiger partial charge in [-0.05, 0) is 41.5 Å². The van der Waals surface area contributed by atoms with E-state index in [9.17, 15) is 4.39 Å². The maximum Gasteiger partial charge on any atom is 0.136 e. The molecule has 0 aromatic carbocycles. The molecule has 0 aromatic heterocycles. The molecule has 0 spiro atoms. The van der Waals surface area contributed by atoms with Gasteiger partial charge in [-0.25, -0.2) is 4.39 Å². The molecule has 1 atom stereocenters. The standard InChI is InChI=1S/C15H32FNO3/c1-14(2,3)17-11-13(16)12-19-8-7-18-9-10-20-15(4,5)6/h13,17H,7-12H2,1-6H3. The highest BCUT2D eigenvalue weighted by molar-refractivity contribution is 4.72. The number of alkyl halides is 1. The van der Waals surface area contributed by atoms with Crippen LogP contribution < -0.4 is 5.32 Å². The Morgan fingerprint density at radius 2 is 1.45 bits per heavy atom. The largest absolute Gasteiger partial charge is 0.377 e. The van der Waals surface area contributed by atoms with Gasteiger partial charge in [0.05, 0.1) is 38.6 Å². The van der Waals surface area contributed by atoms with Gasteiger partial charge in [-0.1, -0.05) is 0 Å². The Bertz CT molecular complexity index is 236. The van der Waals surface area contributed by atoms with Crippen LogP contribution in [0, 0.1) is 0 Å². The van der Waals surface area contributed by atoms with Crippen molar-refractivity contribution in [1.82, 2.24) is 5.32 Å². The van der Waals surface area contributed by atoms with E-state index in [4.69, 9.17) is 14.2 Å². The maximum atomic E-state index is 13.4. The first kappa shape index (κ1) is 19.8. The van der Waals surface area contributed by atoms with Crippen LogP contribution in [-0.2, 0) is 14.2 Å². The fourth-order valence-electron chi connectivity index (χ4n) is 1.31. The first-order valence-electron chi connectivity index (χ1n) is 7.29. The molecule has 0 aliphatic carbocycles. The molecule has 0 aromatic rings. The summed E-state index contributed by atoms with van der Waals surface area (Å²) >= 11 is 0. The number of halogens is 1. The van der Waals surface area contributed by atoms with Crippen LogP contribution in [0.5, 0.6) is 0 Å². The Morgan fingerprint density at radius 1 is 0.900 bits per heavy atom. The third-order valence-electron chi connectivity index (χ3n) is 2.29. The van der Waals surface area contributed by atoms with Crippen molar-refractivity contribution in [3.05, 3.63) is 0 Å². The van der Waals surface area contributed by atoms with E-state index in [0.717, 1.165) is 0 Å². The van der Waals surface area contributed by atoms with E-state index in [0.29, 0.717) is 33.0 Å². The lowest BCUT2D eigenvalue weighted by Crippen LogP contribution is -2.40. The molecule has 5 heteroatoms. The lowest BCUT2D eigenvalue weighted by molar-refractivity contribution is -0.0445. The summed E-state index contributed by atoms with van der Waals surface area (Å²) in [6.07, 6.45) is -0.988. The van der Waals surface area contributed by atoms with Crippen LogP contribution in [0.15, 0.2) is 0 Å². The minimum Gasteiger partial charge on any atom is -0.377 e. The molecule has 4 nitrogen and oxygen atoms in total. The van der Waals surface area contributed by atoms with Crippen molar-refractivity contribution < 1.29 is 18.6 Å². The molecule has 0 heterocycles. The van der Waals surface area contributed by atoms with Crippen molar-refractivity contribution in [2.75, 3.05) is 39.6 Å². The normalized spacial score (nSPS) is 14.6. The van der Waals surface area contributed by atoms with Crippen molar-refractivity contribution in [2.24, 2.45) is 0 Å². The molecule has 0 saturated heterocycles. The predicted octanol–water partition coefficient (Wildman–Crippen LogP) is 2.56. The van der Waals surface area contributed by atoms with Gasteiger partial charge in [-0.15, -0.1) is 0 Å². The zero-order chi connectivity index (χ0) is 15.6. The minimum absolute atomic E-state index is 0.0689. The Labute approximate surface area is 123 Å². The van der Waals surface area contributed by atoms with Crippen molar-refractivity contribution in [3.8, 4) is 0 Å². The fourth-order valence-corrected chi connectivity index (χ4v) is 1.31. The van der Waals surface area contributed by atoms with Gasteiger partial charge in [0, 0.05) is 12.1 Å². The van der Waals surface area contributed by atoms with E-state index in [2.05, 4.69) is 5.32 Å². The summed E-state index contributed by atoms with van der Waals surface area (Å²) in [6, 6.07) is 0. The monoisotopic (exact) mass is 293 g/mol. The first-order valence-corrected chi connectivity index (χ1v) is 7.29. The van der Waals surface area contributed by atoms with Crippen LogP contribution in [0.2, 0.25) is 0 Å². The molecule has 0 rings (SSSR count). The highest BCUT2D eigenvalue weighted by Gasteiger charge is 2.13. The highest BCUT2D eigenvalue weighted by atomic mass is 19.1. The SMILES string of the molecule is CC(C)(C)NCC(F)COCCOCCOC(C)(C)C. The first-order chi connectivity index (χ1) is 9.10. The lowest BCUT2D eigenvalue weighted by atomic mass is 10.1. The minimum atomic E-state index is -0.988. The Hall–Kier alpha value is -0.230. The molecule has 0 fully saturated rings. The van der Waals surface area contributed by atoms with E-state index in [1.54, 1.807) is 0 Å². The number of ether oxygens (including phenoxy) is 3. The van der Waals surface area contributed by atoms with E-state index in [-0.39, 0.29) is 17.7 Å². The van der Waals surface area contributed by atoms with E-state index in [1.165, 1.54) is 0 Å². The molecule has 0 bridgehead atoms. The van der Waals surface area contributed by atoms with Crippen molar-refractivity contribution >= 4 is 0 Å². The summed E-state index contributed by atoms with van der Waals surface area (Å²) in [5.41, 5.74) is -0.206. The van der Waals surface area contributed by atoms with Gasteiger partial charge in [0.15, 0.2) is 0 Å². The molecule has 20 heavy (non-hydrogen) atoms. The van der Waals surface area contributed by atoms with Gasteiger partial charge in [0.2, 0.25) is 0 Å². The van der Waals surface area contributed by atoms with Crippen molar-refractivity contribution in [2.45, 2.75) is 58.9 Å². The van der Waals surface area contributed by atoms with E-state index in [1.807, 2.05) is 41.5 Å². The average Bonchev–Trinajstić information content (AvgIpc) is 2.27. The second kappa shape index (κ2) is 9.66. The predicted molar refractivity (Wildman–Crippen MR) is 80.0 cm³/mol. The number of hydrogen-bond donors (Lipinski definition) is 1. The second-order valence-corrected chi connectivity index (χ2v) is 6.88. The number of hydrogen-bond acceptors (Lipinski definition) is 4. The summed E-state index contributed by atoms with van der Waals surface area (Å²) in [7, 11) is 0. The Balaban J connectivity index is 3.32. The molecule has 1 unspecified atom stereocenters. The average molecular weight is 293 g/mol. The molecular formula is C15H32FNO3. The summed E-state index contributed by atoms with van der Waals surface area (Å²) in [5, 5.41) is 3.10. The van der Waals surface area contributed by atoms with Crippen molar-refractivity contribution in [1.29, 1.82) is 0 Å². The molecule has 0 saturated carbocycles. The smallest absolute Gasteiger partial charge is 0.136 e. The quantitative estimate of drug-likeness (QED) is 0.628. The fraction of sp³-hybridized carbons (Fsp3) is 1.00. The zero-order valence-corrected chi connectivity index (χ0v) is 13.9. The van der Waals surface area contributed by atoms with Gasteiger partial charge < -0.3 is 19.5 Å². The van der Waals surface area contributed by atoms with Crippen LogP contribution >= 0.6 is 0 Å². The topological polar surface area (TPSA) is 39.7 Å². The molecule has 0 aliphatic heterocycles. The van der Waals surface area contributed by atoms with Crippen LogP contribution in [0.25, 0.3) is 0 Å². The molecule has 0 amide bonds. The van der Waals surface area contributed by atoms with E-state index >= 15 is 0 Å². The summed E-state index contributed by atoms with van der Waals surface area (Å²) in [6.45, 7) is 14.4. The van der Waals surface area contributed by atoms with Crippen LogP contribution in [0.1, 0.15) is 41.5 Å². The van der Waals surface area contributed by atoms with Gasteiger partial charge in [-0.2, -0.15) is 0 Å². The van der Waals surface area contributed by atoms with Crippen LogP contribution in [0.3, 0.4) is 0 Å². The van der Waals surface area contributed by atoms with Gasteiger partial charge in [0.1, 0.15) is 6.17 Å². The van der Waals surface area contributed by atoms with Crippen molar-refractivity contribution in [3.63, 3.8) is 0 Å². The summed E-state index contributed by atoms with van der Waals surface area (Å²) in [5.74, 6) is 0. The Kier molecular flexibility index (Phi) is 9.55. The summed E-state index contributed by atoms with van der Waals surface area (Å²) in [4.78, 5) is 0. The molecular weight excluding hydrogens is 261 g/mol. The molecule has 0 aliphatic rings. The van der Waals surface area contributed by atoms with E-state index < -0.39 is 6.17 Å². The third kappa shape index (κ3) is 15.8. The molecule has 0 radical (unpaired) electrons. The third-order valence-corrected chi connectivity index (χ3v) is 2.29. The second-order valence-electron chi connectivity index (χ2n) is 6.88. The zero-order valence-electron chi connectivity index (χ0n) is 13.9.